The molecule has 2 fully saturated rings. The number of aromatic nitrogens is 4. The summed E-state index contributed by atoms with van der Waals surface area (Å²) in [4.78, 5) is 46.4. The van der Waals surface area contributed by atoms with Gasteiger partial charge in [0.15, 0.2) is 5.69 Å². The highest BCUT2D eigenvalue weighted by Gasteiger charge is 2.23. The van der Waals surface area contributed by atoms with E-state index in [1.54, 1.807) is 22.7 Å². The molecule has 0 radical (unpaired) electrons. The first-order chi connectivity index (χ1) is 18.3. The monoisotopic (exact) mass is 519 g/mol. The minimum atomic E-state index is -0.330. The molecule has 1 saturated heterocycles. The molecule has 2 aromatic heterocycles. The second-order valence-electron chi connectivity index (χ2n) is 10.7. The Hall–Kier alpha value is -3.69. The molecule has 38 heavy (non-hydrogen) atoms. The number of amides is 3. The summed E-state index contributed by atoms with van der Waals surface area (Å²) in [7, 11) is 3.61. The van der Waals surface area contributed by atoms with Crippen molar-refractivity contribution in [2.24, 2.45) is 13.0 Å². The standard InChI is InChI=1S/C28H37N7O3/c1-19-16-23(31-33(19)3)27(38)30-28-29-22-18-21(32(2)26(37)17-20-8-4-5-9-20)11-12-24(22)35(28)15-7-14-34-13-6-10-25(34)36/h11-12,16,18,20H,4-10,13-15,17H2,1-3H3,(H,29,30,38). The Labute approximate surface area is 223 Å². The van der Waals surface area contributed by atoms with Crippen LogP contribution in [0.1, 0.15) is 67.5 Å². The zero-order chi connectivity index (χ0) is 26.8. The van der Waals surface area contributed by atoms with Gasteiger partial charge in [-0.15, -0.1) is 0 Å². The number of hydrogen-bond acceptors (Lipinski definition) is 5. The van der Waals surface area contributed by atoms with E-state index in [9.17, 15) is 14.4 Å². The number of likely N-dealkylation sites (tertiary alicyclic amines) is 1. The Bertz CT molecular complexity index is 1330. The molecule has 0 unspecified atom stereocenters. The van der Waals surface area contributed by atoms with Crippen LogP contribution in [0, 0.1) is 12.8 Å². The van der Waals surface area contributed by atoms with Gasteiger partial charge < -0.3 is 14.4 Å². The molecule has 1 N–H and O–H groups in total. The number of imidazole rings is 1. The third-order valence-electron chi connectivity index (χ3n) is 7.98. The van der Waals surface area contributed by atoms with Crippen LogP contribution in [-0.2, 0) is 23.2 Å². The van der Waals surface area contributed by atoms with E-state index in [4.69, 9.17) is 4.98 Å². The van der Waals surface area contributed by atoms with E-state index in [1.165, 1.54) is 12.8 Å². The SMILES string of the molecule is Cc1cc(C(=O)Nc2nc3cc(N(C)C(=O)CC4CCCC4)ccc3n2CCCN2CCCC2=O)nn1C. The molecular formula is C28H37N7O3. The second kappa shape index (κ2) is 11.0. The smallest absolute Gasteiger partial charge is 0.278 e. The third kappa shape index (κ3) is 5.44. The molecule has 0 bridgehead atoms. The number of nitrogens with zero attached hydrogens (tertiary/aromatic N) is 6. The van der Waals surface area contributed by atoms with E-state index in [0.29, 0.717) is 49.0 Å². The van der Waals surface area contributed by atoms with Crippen molar-refractivity contribution in [1.29, 1.82) is 0 Å². The Morgan fingerprint density at radius 2 is 1.92 bits per heavy atom. The molecule has 1 aliphatic heterocycles. The van der Waals surface area contributed by atoms with Gasteiger partial charge in [0.1, 0.15) is 0 Å². The van der Waals surface area contributed by atoms with E-state index >= 15 is 0 Å². The van der Waals surface area contributed by atoms with Crippen molar-refractivity contribution in [3.05, 3.63) is 35.7 Å². The van der Waals surface area contributed by atoms with Gasteiger partial charge in [-0.3, -0.25) is 24.4 Å². The number of carbonyl (C=O) groups excluding carboxylic acids is 3. The van der Waals surface area contributed by atoms with E-state index in [0.717, 1.165) is 49.1 Å². The van der Waals surface area contributed by atoms with Gasteiger partial charge in [0, 0.05) is 58.0 Å². The lowest BCUT2D eigenvalue weighted by Gasteiger charge is -2.19. The van der Waals surface area contributed by atoms with Crippen LogP contribution in [0.3, 0.4) is 0 Å². The van der Waals surface area contributed by atoms with Gasteiger partial charge in [0.05, 0.1) is 11.0 Å². The quantitative estimate of drug-likeness (QED) is 0.462. The normalized spacial score (nSPS) is 16.1. The molecule has 3 heterocycles. The predicted molar refractivity (Wildman–Crippen MR) is 146 cm³/mol. The average molecular weight is 520 g/mol. The number of benzene rings is 1. The Morgan fingerprint density at radius 3 is 2.61 bits per heavy atom. The number of hydrogen-bond donors (Lipinski definition) is 1. The van der Waals surface area contributed by atoms with Gasteiger partial charge in [-0.25, -0.2) is 4.98 Å². The summed E-state index contributed by atoms with van der Waals surface area (Å²) in [5.74, 6) is 0.897. The van der Waals surface area contributed by atoms with Crippen LogP contribution in [0.5, 0.6) is 0 Å². The first kappa shape index (κ1) is 25.9. The maximum Gasteiger partial charge on any atom is 0.278 e. The van der Waals surface area contributed by atoms with Crippen molar-refractivity contribution in [2.45, 2.75) is 64.8 Å². The molecule has 3 amide bonds. The molecule has 2 aliphatic rings. The fourth-order valence-corrected chi connectivity index (χ4v) is 5.59. The third-order valence-corrected chi connectivity index (χ3v) is 7.98. The van der Waals surface area contributed by atoms with Gasteiger partial charge in [-0.05, 0) is 62.8 Å². The first-order valence-electron chi connectivity index (χ1n) is 13.7. The van der Waals surface area contributed by atoms with Gasteiger partial charge >= 0.3 is 0 Å². The van der Waals surface area contributed by atoms with E-state index in [1.807, 2.05) is 41.6 Å². The fraction of sp³-hybridized carbons (Fsp3) is 0.536. The summed E-state index contributed by atoms with van der Waals surface area (Å²) in [5.41, 5.74) is 3.56. The van der Waals surface area contributed by atoms with Crippen LogP contribution in [-0.4, -0.2) is 62.1 Å². The summed E-state index contributed by atoms with van der Waals surface area (Å²) in [5, 5.41) is 7.23. The van der Waals surface area contributed by atoms with Crippen LogP contribution < -0.4 is 10.2 Å². The maximum absolute atomic E-state index is 13.0. The number of carbonyl (C=O) groups is 3. The highest BCUT2D eigenvalue weighted by Crippen LogP contribution is 2.30. The van der Waals surface area contributed by atoms with Crippen LogP contribution in [0.25, 0.3) is 11.0 Å². The Kier molecular flexibility index (Phi) is 7.49. The minimum absolute atomic E-state index is 0.116. The maximum atomic E-state index is 13.0. The number of anilines is 2. The number of nitrogens with one attached hydrogen (secondary N) is 1. The van der Waals surface area contributed by atoms with Crippen molar-refractivity contribution in [2.75, 3.05) is 30.4 Å². The highest BCUT2D eigenvalue weighted by atomic mass is 16.2. The topological polar surface area (TPSA) is 105 Å². The molecule has 0 spiro atoms. The van der Waals surface area contributed by atoms with Crippen molar-refractivity contribution in [3.63, 3.8) is 0 Å². The largest absolute Gasteiger partial charge is 0.343 e. The van der Waals surface area contributed by atoms with E-state index in [-0.39, 0.29) is 17.7 Å². The average Bonchev–Trinajstić information content (AvgIpc) is 3.68. The lowest BCUT2D eigenvalue weighted by molar-refractivity contribution is -0.127. The van der Waals surface area contributed by atoms with Crippen molar-refractivity contribution in [3.8, 4) is 0 Å². The molecular weight excluding hydrogens is 482 g/mol. The van der Waals surface area contributed by atoms with Crippen molar-refractivity contribution >= 4 is 40.4 Å². The summed E-state index contributed by atoms with van der Waals surface area (Å²) in [6, 6.07) is 7.54. The predicted octanol–water partition coefficient (Wildman–Crippen LogP) is 3.89. The van der Waals surface area contributed by atoms with Gasteiger partial charge in [0.2, 0.25) is 17.8 Å². The van der Waals surface area contributed by atoms with E-state index in [2.05, 4.69) is 10.4 Å². The molecule has 5 rings (SSSR count). The van der Waals surface area contributed by atoms with Gasteiger partial charge in [0.25, 0.3) is 5.91 Å². The van der Waals surface area contributed by atoms with Crippen LogP contribution in [0.4, 0.5) is 11.6 Å². The van der Waals surface area contributed by atoms with Crippen LogP contribution in [0.2, 0.25) is 0 Å². The van der Waals surface area contributed by atoms with Crippen LogP contribution >= 0.6 is 0 Å². The molecule has 1 aliphatic carbocycles. The Balaban J connectivity index is 1.38. The molecule has 202 valence electrons. The number of fused-ring (bicyclic) bond motifs is 1. The molecule has 0 atom stereocenters. The summed E-state index contributed by atoms with van der Waals surface area (Å²) >= 11 is 0. The zero-order valence-electron chi connectivity index (χ0n) is 22.6. The van der Waals surface area contributed by atoms with Gasteiger partial charge in [-0.1, -0.05) is 12.8 Å². The first-order valence-corrected chi connectivity index (χ1v) is 13.7. The second-order valence-corrected chi connectivity index (χ2v) is 10.7. The summed E-state index contributed by atoms with van der Waals surface area (Å²) in [6.45, 7) is 3.95. The van der Waals surface area contributed by atoms with Crippen molar-refractivity contribution in [1.82, 2.24) is 24.2 Å². The minimum Gasteiger partial charge on any atom is -0.343 e. The zero-order valence-corrected chi connectivity index (χ0v) is 22.6. The molecule has 10 nitrogen and oxygen atoms in total. The highest BCUT2D eigenvalue weighted by molar-refractivity contribution is 6.03. The van der Waals surface area contributed by atoms with Crippen molar-refractivity contribution < 1.29 is 14.4 Å². The number of aryl methyl sites for hydroxylation is 3. The lowest BCUT2D eigenvalue weighted by atomic mass is 10.0. The summed E-state index contributed by atoms with van der Waals surface area (Å²) in [6.07, 6.45) is 7.53. The molecule has 1 saturated carbocycles. The molecule has 3 aromatic rings. The van der Waals surface area contributed by atoms with Gasteiger partial charge in [-0.2, -0.15) is 5.10 Å². The fourth-order valence-electron chi connectivity index (χ4n) is 5.59. The Morgan fingerprint density at radius 1 is 1.13 bits per heavy atom. The summed E-state index contributed by atoms with van der Waals surface area (Å²) < 4.78 is 3.64. The lowest BCUT2D eigenvalue weighted by Crippen LogP contribution is -2.27. The van der Waals surface area contributed by atoms with E-state index < -0.39 is 0 Å². The molecule has 10 heteroatoms. The van der Waals surface area contributed by atoms with Crippen LogP contribution in [0.15, 0.2) is 24.3 Å². The molecule has 1 aromatic carbocycles. The number of rotatable bonds is 9.